The van der Waals surface area contributed by atoms with E-state index in [4.69, 9.17) is 4.74 Å². The average Bonchev–Trinajstić information content (AvgIpc) is 2.37. The molecule has 0 spiro atoms. The third-order valence-electron chi connectivity index (χ3n) is 3.05. The fourth-order valence-electron chi connectivity index (χ4n) is 1.94. The Morgan fingerprint density at radius 2 is 1.63 bits per heavy atom. The smallest absolute Gasteiger partial charge is 0.127 e. The molecule has 100 valence electrons. The summed E-state index contributed by atoms with van der Waals surface area (Å²) in [6, 6.07) is 10.7. The highest BCUT2D eigenvalue weighted by atomic mass is 19.1. The van der Waals surface area contributed by atoms with E-state index in [0.717, 1.165) is 12.3 Å². The molecule has 0 amide bonds. The van der Waals surface area contributed by atoms with E-state index in [2.05, 4.69) is 12.2 Å². The molecule has 2 rings (SSSR count). The number of benzene rings is 2. The fraction of sp³-hybridized carbons (Fsp3) is 0.250. The lowest BCUT2D eigenvalue weighted by Gasteiger charge is -2.10. The molecular weight excluding hydrogens is 241 g/mol. The third-order valence-corrected chi connectivity index (χ3v) is 3.05. The molecule has 0 atom stereocenters. The Bertz CT molecular complexity index is 581. The molecule has 19 heavy (non-hydrogen) atoms. The Balaban J connectivity index is 2.19. The van der Waals surface area contributed by atoms with Gasteiger partial charge in [-0.2, -0.15) is 0 Å². The van der Waals surface area contributed by atoms with Crippen molar-refractivity contribution in [3.63, 3.8) is 0 Å². The van der Waals surface area contributed by atoms with Crippen LogP contribution in [-0.4, -0.2) is 7.05 Å². The Labute approximate surface area is 113 Å². The Kier molecular flexibility index (Phi) is 4.17. The van der Waals surface area contributed by atoms with E-state index in [1.54, 1.807) is 19.1 Å². The standard InChI is InChI=1S/C16H18FNO/c1-11-8-14(5-4-13(11)10-18-3)19-15-6-7-16(17)12(2)9-15/h4-9,18H,10H2,1-3H3. The maximum absolute atomic E-state index is 13.2. The molecular formula is C16H18FNO. The molecule has 0 aliphatic heterocycles. The lowest BCUT2D eigenvalue weighted by atomic mass is 10.1. The molecule has 0 saturated carbocycles. The Morgan fingerprint density at radius 3 is 2.21 bits per heavy atom. The van der Waals surface area contributed by atoms with Gasteiger partial charge in [0.25, 0.3) is 0 Å². The lowest BCUT2D eigenvalue weighted by Crippen LogP contribution is -2.06. The molecule has 0 aromatic heterocycles. The first kappa shape index (κ1) is 13.6. The number of ether oxygens (including phenoxy) is 1. The van der Waals surface area contributed by atoms with Crippen molar-refractivity contribution in [3.8, 4) is 11.5 Å². The summed E-state index contributed by atoms with van der Waals surface area (Å²) in [4.78, 5) is 0. The van der Waals surface area contributed by atoms with Gasteiger partial charge in [-0.05, 0) is 67.9 Å². The second-order valence-corrected chi connectivity index (χ2v) is 4.63. The monoisotopic (exact) mass is 259 g/mol. The lowest BCUT2D eigenvalue weighted by molar-refractivity contribution is 0.479. The zero-order valence-corrected chi connectivity index (χ0v) is 11.5. The molecule has 2 aromatic carbocycles. The zero-order valence-electron chi connectivity index (χ0n) is 11.5. The van der Waals surface area contributed by atoms with Gasteiger partial charge in [0.15, 0.2) is 0 Å². The van der Waals surface area contributed by atoms with Crippen LogP contribution in [0.2, 0.25) is 0 Å². The van der Waals surface area contributed by atoms with E-state index in [1.807, 2.05) is 25.2 Å². The summed E-state index contributed by atoms with van der Waals surface area (Å²) < 4.78 is 18.9. The summed E-state index contributed by atoms with van der Waals surface area (Å²) in [6.07, 6.45) is 0. The minimum Gasteiger partial charge on any atom is -0.457 e. The van der Waals surface area contributed by atoms with Crippen LogP contribution in [0.5, 0.6) is 11.5 Å². The highest BCUT2D eigenvalue weighted by Gasteiger charge is 2.04. The average molecular weight is 259 g/mol. The van der Waals surface area contributed by atoms with Crippen molar-refractivity contribution in [1.29, 1.82) is 0 Å². The summed E-state index contributed by atoms with van der Waals surface area (Å²) in [5.41, 5.74) is 3.00. The molecule has 0 bridgehead atoms. The van der Waals surface area contributed by atoms with Gasteiger partial charge in [0, 0.05) is 6.54 Å². The van der Waals surface area contributed by atoms with Crippen molar-refractivity contribution in [2.75, 3.05) is 7.05 Å². The normalized spacial score (nSPS) is 10.5. The van der Waals surface area contributed by atoms with Crippen molar-refractivity contribution in [3.05, 3.63) is 58.9 Å². The molecule has 0 fully saturated rings. The van der Waals surface area contributed by atoms with Crippen molar-refractivity contribution in [1.82, 2.24) is 5.32 Å². The van der Waals surface area contributed by atoms with E-state index in [9.17, 15) is 4.39 Å². The molecule has 0 aliphatic rings. The maximum Gasteiger partial charge on any atom is 0.127 e. The third kappa shape index (κ3) is 3.32. The van der Waals surface area contributed by atoms with Crippen LogP contribution in [0.15, 0.2) is 36.4 Å². The SMILES string of the molecule is CNCc1ccc(Oc2ccc(F)c(C)c2)cc1C. The number of nitrogens with one attached hydrogen (secondary N) is 1. The molecule has 0 radical (unpaired) electrons. The zero-order chi connectivity index (χ0) is 13.8. The molecule has 0 aliphatic carbocycles. The molecule has 2 aromatic rings. The second-order valence-electron chi connectivity index (χ2n) is 4.63. The predicted molar refractivity (Wildman–Crippen MR) is 75.2 cm³/mol. The van der Waals surface area contributed by atoms with Gasteiger partial charge in [0.1, 0.15) is 17.3 Å². The number of rotatable bonds is 4. The molecule has 0 heterocycles. The number of hydrogen-bond acceptors (Lipinski definition) is 2. The van der Waals surface area contributed by atoms with Crippen LogP contribution in [0.4, 0.5) is 4.39 Å². The predicted octanol–water partition coefficient (Wildman–Crippen LogP) is 3.95. The molecule has 3 heteroatoms. The van der Waals surface area contributed by atoms with Crippen molar-refractivity contribution < 1.29 is 9.13 Å². The van der Waals surface area contributed by atoms with Crippen molar-refractivity contribution in [2.24, 2.45) is 0 Å². The van der Waals surface area contributed by atoms with Crippen LogP contribution in [0.25, 0.3) is 0 Å². The first-order valence-electron chi connectivity index (χ1n) is 6.28. The van der Waals surface area contributed by atoms with Gasteiger partial charge in [-0.15, -0.1) is 0 Å². The summed E-state index contributed by atoms with van der Waals surface area (Å²) in [5.74, 6) is 1.20. The van der Waals surface area contributed by atoms with Gasteiger partial charge >= 0.3 is 0 Å². The van der Waals surface area contributed by atoms with E-state index < -0.39 is 0 Å². The van der Waals surface area contributed by atoms with E-state index >= 15 is 0 Å². The Hall–Kier alpha value is -1.87. The number of halogens is 1. The maximum atomic E-state index is 13.2. The van der Waals surface area contributed by atoms with Crippen LogP contribution < -0.4 is 10.1 Å². The first-order valence-corrected chi connectivity index (χ1v) is 6.28. The van der Waals surface area contributed by atoms with Crippen LogP contribution >= 0.6 is 0 Å². The van der Waals surface area contributed by atoms with Crippen LogP contribution in [0.1, 0.15) is 16.7 Å². The van der Waals surface area contributed by atoms with Crippen LogP contribution in [0.3, 0.4) is 0 Å². The second kappa shape index (κ2) is 5.85. The fourth-order valence-corrected chi connectivity index (χ4v) is 1.94. The highest BCUT2D eigenvalue weighted by molar-refractivity contribution is 5.39. The highest BCUT2D eigenvalue weighted by Crippen LogP contribution is 2.25. The van der Waals surface area contributed by atoms with Gasteiger partial charge in [0.05, 0.1) is 0 Å². The molecule has 1 N–H and O–H groups in total. The largest absolute Gasteiger partial charge is 0.457 e. The van der Waals surface area contributed by atoms with E-state index in [1.165, 1.54) is 17.2 Å². The Morgan fingerprint density at radius 1 is 1.00 bits per heavy atom. The minimum atomic E-state index is -0.215. The topological polar surface area (TPSA) is 21.3 Å². The molecule has 0 saturated heterocycles. The van der Waals surface area contributed by atoms with E-state index in [0.29, 0.717) is 11.3 Å². The van der Waals surface area contributed by atoms with Crippen molar-refractivity contribution >= 4 is 0 Å². The van der Waals surface area contributed by atoms with E-state index in [-0.39, 0.29) is 5.82 Å². The van der Waals surface area contributed by atoms with Gasteiger partial charge in [0.2, 0.25) is 0 Å². The van der Waals surface area contributed by atoms with Gasteiger partial charge < -0.3 is 10.1 Å². The summed E-state index contributed by atoms with van der Waals surface area (Å²) in [6.45, 7) is 4.61. The number of aryl methyl sites for hydroxylation is 2. The van der Waals surface area contributed by atoms with Gasteiger partial charge in [-0.3, -0.25) is 0 Å². The summed E-state index contributed by atoms with van der Waals surface area (Å²) in [5, 5.41) is 3.13. The van der Waals surface area contributed by atoms with Crippen LogP contribution in [-0.2, 0) is 6.54 Å². The minimum absolute atomic E-state index is 0.215. The van der Waals surface area contributed by atoms with Crippen LogP contribution in [0, 0.1) is 19.7 Å². The van der Waals surface area contributed by atoms with Crippen molar-refractivity contribution in [2.45, 2.75) is 20.4 Å². The quantitative estimate of drug-likeness (QED) is 0.897. The molecule has 2 nitrogen and oxygen atoms in total. The van der Waals surface area contributed by atoms with Gasteiger partial charge in [-0.1, -0.05) is 6.07 Å². The summed E-state index contributed by atoms with van der Waals surface area (Å²) in [7, 11) is 1.92. The number of hydrogen-bond donors (Lipinski definition) is 1. The van der Waals surface area contributed by atoms with Gasteiger partial charge in [-0.25, -0.2) is 4.39 Å². The first-order chi connectivity index (χ1) is 9.10. The molecule has 0 unspecified atom stereocenters. The summed E-state index contributed by atoms with van der Waals surface area (Å²) >= 11 is 0.